The van der Waals surface area contributed by atoms with Gasteiger partial charge in [-0.25, -0.2) is 0 Å². The van der Waals surface area contributed by atoms with Crippen LogP contribution in [0.5, 0.6) is 5.75 Å². The van der Waals surface area contributed by atoms with Crippen molar-refractivity contribution in [2.45, 2.75) is 31.7 Å². The first-order valence-electron chi connectivity index (χ1n) is 9.40. The van der Waals surface area contributed by atoms with Crippen LogP contribution in [0.1, 0.15) is 25.8 Å². The standard InChI is InChI=1S/C20H20ClN5O4S/c1-3-25-19(13(2)30-17-7-5-4-6-16(17)21)23-24-20(25)31-12-18(27)22-14-8-10-15(11-9-14)26(28)29/h4-11,13H,3,12H2,1-2H3,(H,22,27)/t13-/m0/s1. The number of rotatable bonds is 9. The number of hydrogen-bond donors (Lipinski definition) is 1. The zero-order valence-corrected chi connectivity index (χ0v) is 18.4. The van der Waals surface area contributed by atoms with E-state index in [1.165, 1.54) is 36.0 Å². The number of carbonyl (C=O) groups is 1. The summed E-state index contributed by atoms with van der Waals surface area (Å²) in [6, 6.07) is 12.8. The molecular formula is C20H20ClN5O4S. The minimum absolute atomic E-state index is 0.0379. The Bertz CT molecular complexity index is 1070. The number of aromatic nitrogens is 3. The number of ether oxygens (including phenoxy) is 1. The summed E-state index contributed by atoms with van der Waals surface area (Å²) in [6.45, 7) is 4.41. The summed E-state index contributed by atoms with van der Waals surface area (Å²) in [5.74, 6) is 1.03. The monoisotopic (exact) mass is 461 g/mol. The molecule has 0 radical (unpaired) electrons. The molecule has 0 aliphatic heterocycles. The van der Waals surface area contributed by atoms with E-state index < -0.39 is 11.0 Å². The summed E-state index contributed by atoms with van der Waals surface area (Å²) in [5.41, 5.74) is 0.444. The number of thioether (sulfide) groups is 1. The maximum Gasteiger partial charge on any atom is 0.269 e. The molecule has 0 unspecified atom stereocenters. The molecule has 0 aliphatic carbocycles. The van der Waals surface area contributed by atoms with E-state index in [1.807, 2.05) is 30.5 Å². The van der Waals surface area contributed by atoms with Crippen molar-refractivity contribution in [3.05, 3.63) is 69.5 Å². The minimum atomic E-state index is -0.493. The van der Waals surface area contributed by atoms with Crippen LogP contribution in [-0.4, -0.2) is 31.3 Å². The average Bonchev–Trinajstić information content (AvgIpc) is 3.17. The number of nitro benzene ring substituents is 1. The molecule has 1 atom stereocenters. The second-order valence-electron chi connectivity index (χ2n) is 6.42. The fraction of sp³-hybridized carbons (Fsp3) is 0.250. The lowest BCUT2D eigenvalue weighted by Gasteiger charge is -2.16. The first-order valence-corrected chi connectivity index (χ1v) is 10.8. The topological polar surface area (TPSA) is 112 Å². The molecule has 1 N–H and O–H groups in total. The normalized spacial score (nSPS) is 11.7. The molecule has 1 aromatic heterocycles. The smallest absolute Gasteiger partial charge is 0.269 e. The molecule has 162 valence electrons. The van der Waals surface area contributed by atoms with E-state index in [-0.39, 0.29) is 17.3 Å². The number of halogens is 1. The van der Waals surface area contributed by atoms with Gasteiger partial charge >= 0.3 is 0 Å². The van der Waals surface area contributed by atoms with Gasteiger partial charge in [0, 0.05) is 24.4 Å². The molecule has 3 aromatic rings. The zero-order valence-electron chi connectivity index (χ0n) is 16.8. The van der Waals surface area contributed by atoms with Crippen LogP contribution in [0, 0.1) is 10.1 Å². The maximum absolute atomic E-state index is 12.3. The summed E-state index contributed by atoms with van der Waals surface area (Å²) in [4.78, 5) is 22.5. The number of nitrogens with one attached hydrogen (secondary N) is 1. The third-order valence-electron chi connectivity index (χ3n) is 4.26. The van der Waals surface area contributed by atoms with Crippen molar-refractivity contribution < 1.29 is 14.5 Å². The number of anilines is 1. The average molecular weight is 462 g/mol. The Kier molecular flexibility index (Phi) is 7.48. The zero-order chi connectivity index (χ0) is 22.4. The van der Waals surface area contributed by atoms with Gasteiger partial charge in [-0.15, -0.1) is 10.2 Å². The van der Waals surface area contributed by atoms with Gasteiger partial charge in [-0.3, -0.25) is 14.9 Å². The third kappa shape index (κ3) is 5.74. The summed E-state index contributed by atoms with van der Waals surface area (Å²) in [7, 11) is 0. The van der Waals surface area contributed by atoms with Crippen LogP contribution in [-0.2, 0) is 11.3 Å². The van der Waals surface area contributed by atoms with E-state index in [9.17, 15) is 14.9 Å². The highest BCUT2D eigenvalue weighted by molar-refractivity contribution is 7.99. The van der Waals surface area contributed by atoms with E-state index in [0.717, 1.165) is 0 Å². The molecular weight excluding hydrogens is 442 g/mol. The van der Waals surface area contributed by atoms with Crippen LogP contribution < -0.4 is 10.1 Å². The molecule has 0 saturated carbocycles. The molecule has 0 saturated heterocycles. The Hall–Kier alpha value is -3.11. The molecule has 1 amide bonds. The van der Waals surface area contributed by atoms with E-state index in [1.54, 1.807) is 12.1 Å². The van der Waals surface area contributed by atoms with Crippen LogP contribution in [0.4, 0.5) is 11.4 Å². The number of benzene rings is 2. The molecule has 2 aromatic carbocycles. The lowest BCUT2D eigenvalue weighted by atomic mass is 10.3. The number of para-hydroxylation sites is 1. The fourth-order valence-electron chi connectivity index (χ4n) is 2.78. The van der Waals surface area contributed by atoms with Gasteiger partial charge < -0.3 is 14.6 Å². The number of nitro groups is 1. The van der Waals surface area contributed by atoms with Crippen molar-refractivity contribution in [2.24, 2.45) is 0 Å². The van der Waals surface area contributed by atoms with Crippen LogP contribution in [0.15, 0.2) is 53.7 Å². The predicted octanol–water partition coefficient (Wildman–Crippen LogP) is 4.73. The maximum atomic E-state index is 12.3. The highest BCUT2D eigenvalue weighted by atomic mass is 35.5. The SMILES string of the molecule is CCn1c(SCC(=O)Nc2ccc([N+](=O)[O-])cc2)nnc1[C@H](C)Oc1ccccc1Cl. The molecule has 0 aliphatic rings. The van der Waals surface area contributed by atoms with E-state index >= 15 is 0 Å². The lowest BCUT2D eigenvalue weighted by Crippen LogP contribution is -2.15. The number of nitrogens with zero attached hydrogens (tertiary/aromatic N) is 4. The van der Waals surface area contributed by atoms with Gasteiger partial charge in [-0.05, 0) is 38.1 Å². The number of amides is 1. The van der Waals surface area contributed by atoms with E-state index in [2.05, 4.69) is 15.5 Å². The quantitative estimate of drug-likeness (QED) is 0.278. The summed E-state index contributed by atoms with van der Waals surface area (Å²) >= 11 is 7.40. The van der Waals surface area contributed by atoms with Crippen LogP contribution >= 0.6 is 23.4 Å². The Labute approximate surface area is 187 Å². The second kappa shape index (κ2) is 10.3. The van der Waals surface area contributed by atoms with Gasteiger partial charge in [0.1, 0.15) is 5.75 Å². The Morgan fingerprint density at radius 3 is 2.61 bits per heavy atom. The molecule has 1 heterocycles. The van der Waals surface area contributed by atoms with Gasteiger partial charge in [-0.1, -0.05) is 35.5 Å². The first-order chi connectivity index (χ1) is 14.9. The summed E-state index contributed by atoms with van der Waals surface area (Å²) in [5, 5.41) is 22.9. The Balaban J connectivity index is 1.61. The molecule has 9 nitrogen and oxygen atoms in total. The third-order valence-corrected chi connectivity index (χ3v) is 5.54. The predicted molar refractivity (Wildman–Crippen MR) is 119 cm³/mol. The van der Waals surface area contributed by atoms with Crippen molar-refractivity contribution in [1.82, 2.24) is 14.8 Å². The summed E-state index contributed by atoms with van der Waals surface area (Å²) in [6.07, 6.45) is -0.393. The van der Waals surface area contributed by atoms with Crippen LogP contribution in [0.2, 0.25) is 5.02 Å². The van der Waals surface area contributed by atoms with Gasteiger partial charge in [0.2, 0.25) is 5.91 Å². The highest BCUT2D eigenvalue weighted by Crippen LogP contribution is 2.29. The largest absolute Gasteiger partial charge is 0.481 e. The Morgan fingerprint density at radius 2 is 1.97 bits per heavy atom. The number of non-ortho nitro benzene ring substituents is 1. The molecule has 0 bridgehead atoms. The van der Waals surface area contributed by atoms with E-state index in [4.69, 9.17) is 16.3 Å². The van der Waals surface area contributed by atoms with Crippen LogP contribution in [0.3, 0.4) is 0 Å². The van der Waals surface area contributed by atoms with Crippen molar-refractivity contribution in [3.63, 3.8) is 0 Å². The van der Waals surface area contributed by atoms with Crippen molar-refractivity contribution >= 4 is 40.6 Å². The minimum Gasteiger partial charge on any atom is -0.481 e. The van der Waals surface area contributed by atoms with Crippen LogP contribution in [0.25, 0.3) is 0 Å². The molecule has 0 spiro atoms. The molecule has 31 heavy (non-hydrogen) atoms. The first kappa shape index (κ1) is 22.6. The van der Waals surface area contributed by atoms with Crippen molar-refractivity contribution in [1.29, 1.82) is 0 Å². The van der Waals surface area contributed by atoms with Gasteiger partial charge in [0.05, 0.1) is 15.7 Å². The lowest BCUT2D eigenvalue weighted by molar-refractivity contribution is -0.384. The number of carbonyl (C=O) groups excluding carboxylic acids is 1. The van der Waals surface area contributed by atoms with E-state index in [0.29, 0.717) is 34.0 Å². The van der Waals surface area contributed by atoms with Gasteiger partial charge in [0.25, 0.3) is 5.69 Å². The molecule has 3 rings (SSSR count). The molecule has 11 heteroatoms. The second-order valence-corrected chi connectivity index (χ2v) is 7.77. The van der Waals surface area contributed by atoms with Gasteiger partial charge in [0.15, 0.2) is 17.1 Å². The number of hydrogen-bond acceptors (Lipinski definition) is 7. The van der Waals surface area contributed by atoms with Gasteiger partial charge in [-0.2, -0.15) is 0 Å². The summed E-state index contributed by atoms with van der Waals surface area (Å²) < 4.78 is 7.81. The highest BCUT2D eigenvalue weighted by Gasteiger charge is 2.20. The Morgan fingerprint density at radius 1 is 1.26 bits per heavy atom. The fourth-order valence-corrected chi connectivity index (χ4v) is 3.77. The van der Waals surface area contributed by atoms with Crippen molar-refractivity contribution in [3.8, 4) is 5.75 Å². The van der Waals surface area contributed by atoms with Crippen molar-refractivity contribution in [2.75, 3.05) is 11.1 Å². The molecule has 0 fully saturated rings.